The Kier molecular flexibility index (Phi) is 8.85. The van der Waals surface area contributed by atoms with E-state index < -0.39 is 36.2 Å². The minimum Gasteiger partial charge on any atom is -0.480 e. The summed E-state index contributed by atoms with van der Waals surface area (Å²) in [6.07, 6.45) is 0.269. The highest BCUT2D eigenvalue weighted by molar-refractivity contribution is 6.30. The van der Waals surface area contributed by atoms with Gasteiger partial charge < -0.3 is 14.7 Å². The highest BCUT2D eigenvalue weighted by atomic mass is 35.5. The van der Waals surface area contributed by atoms with Crippen LogP contribution in [0.3, 0.4) is 0 Å². The molecule has 0 bridgehead atoms. The summed E-state index contributed by atoms with van der Waals surface area (Å²) in [5, 5.41) is 11.3. The van der Waals surface area contributed by atoms with E-state index >= 15 is 0 Å². The lowest BCUT2D eigenvalue weighted by Gasteiger charge is -2.47. The fourth-order valence-electron chi connectivity index (χ4n) is 4.76. The van der Waals surface area contributed by atoms with Gasteiger partial charge in [0.2, 0.25) is 0 Å². The number of amides is 1. The van der Waals surface area contributed by atoms with Crippen molar-refractivity contribution in [2.24, 2.45) is 0 Å². The molecule has 5 nitrogen and oxygen atoms in total. The molecule has 3 aromatic rings. The normalized spacial score (nSPS) is 20.6. The molecule has 0 spiro atoms. The number of unbranched alkanes of at least 4 members (excludes halogenated alkanes) is 1. The third-order valence-corrected chi connectivity index (χ3v) is 7.13. The first kappa shape index (κ1) is 27.1. The van der Waals surface area contributed by atoms with Crippen molar-refractivity contribution in [3.8, 4) is 0 Å². The van der Waals surface area contributed by atoms with Crippen molar-refractivity contribution in [2.75, 3.05) is 0 Å². The number of carbonyl (C=O) groups excluding carboxylic acids is 1. The first-order valence-electron chi connectivity index (χ1n) is 12.2. The standard InChI is InChI=1S/C29H28Cl2FNO4/c1-2-3-4-24(29(35)36)33-26(19-7-11-21(30)12-8-19)27(20-9-13-22(31)14-10-20)37-25(28(33)34)17-18-5-15-23(32)16-6-18/h5-16,24-27H,2-4,17H2,1H3,(H,35,36)/t24-,25+,26-,27+/m0/s1. The van der Waals surface area contributed by atoms with Gasteiger partial charge in [0, 0.05) is 16.5 Å². The van der Waals surface area contributed by atoms with Crippen molar-refractivity contribution in [1.29, 1.82) is 0 Å². The zero-order chi connectivity index (χ0) is 26.5. The van der Waals surface area contributed by atoms with Crippen LogP contribution in [-0.4, -0.2) is 34.0 Å². The van der Waals surface area contributed by atoms with Crippen LogP contribution in [0.25, 0.3) is 0 Å². The predicted molar refractivity (Wildman–Crippen MR) is 141 cm³/mol. The average molecular weight is 544 g/mol. The van der Waals surface area contributed by atoms with Crippen LogP contribution in [0, 0.1) is 5.82 Å². The Morgan fingerprint density at radius 1 is 0.973 bits per heavy atom. The number of halogens is 3. The zero-order valence-electron chi connectivity index (χ0n) is 20.3. The van der Waals surface area contributed by atoms with Crippen molar-refractivity contribution in [2.45, 2.75) is 56.9 Å². The number of aliphatic carboxylic acids is 1. The van der Waals surface area contributed by atoms with Gasteiger partial charge in [-0.1, -0.05) is 79.4 Å². The summed E-state index contributed by atoms with van der Waals surface area (Å²) in [4.78, 5) is 28.0. The molecule has 194 valence electrons. The van der Waals surface area contributed by atoms with Crippen LogP contribution >= 0.6 is 23.2 Å². The molecular weight excluding hydrogens is 516 g/mol. The predicted octanol–water partition coefficient (Wildman–Crippen LogP) is 7.03. The molecule has 0 unspecified atom stereocenters. The SMILES string of the molecule is CCCC[C@@H](C(=O)O)N1C(=O)[C@@H](Cc2ccc(F)cc2)O[C@H](c2ccc(Cl)cc2)[C@@H]1c1ccc(Cl)cc1. The van der Waals surface area contributed by atoms with E-state index in [1.807, 2.05) is 19.1 Å². The van der Waals surface area contributed by atoms with Crippen LogP contribution in [0.4, 0.5) is 4.39 Å². The summed E-state index contributed by atoms with van der Waals surface area (Å²) in [6, 6.07) is 18.2. The summed E-state index contributed by atoms with van der Waals surface area (Å²) >= 11 is 12.3. The molecule has 1 aliphatic heterocycles. The van der Waals surface area contributed by atoms with Crippen LogP contribution in [0.15, 0.2) is 72.8 Å². The number of nitrogens with zero attached hydrogens (tertiary/aromatic N) is 1. The van der Waals surface area contributed by atoms with Gasteiger partial charge in [0.1, 0.15) is 24.1 Å². The maximum Gasteiger partial charge on any atom is 0.326 e. The van der Waals surface area contributed by atoms with E-state index in [0.29, 0.717) is 34.0 Å². The van der Waals surface area contributed by atoms with Crippen molar-refractivity contribution in [3.63, 3.8) is 0 Å². The highest BCUT2D eigenvalue weighted by Gasteiger charge is 2.48. The molecule has 4 atom stereocenters. The maximum atomic E-state index is 14.0. The first-order valence-corrected chi connectivity index (χ1v) is 13.0. The van der Waals surface area contributed by atoms with Crippen molar-refractivity contribution < 1.29 is 23.8 Å². The smallest absolute Gasteiger partial charge is 0.326 e. The van der Waals surface area contributed by atoms with Gasteiger partial charge >= 0.3 is 5.97 Å². The largest absolute Gasteiger partial charge is 0.480 e. The number of benzene rings is 3. The summed E-state index contributed by atoms with van der Waals surface area (Å²) in [5.74, 6) is -1.87. The molecule has 1 aliphatic rings. The number of hydrogen-bond acceptors (Lipinski definition) is 3. The second-order valence-corrected chi connectivity index (χ2v) is 10.0. The maximum absolute atomic E-state index is 14.0. The Labute approximate surface area is 225 Å². The summed E-state index contributed by atoms with van der Waals surface area (Å²) in [5.41, 5.74) is 2.17. The van der Waals surface area contributed by atoms with Crippen LogP contribution in [0.2, 0.25) is 10.0 Å². The minimum atomic E-state index is -1.07. The minimum absolute atomic E-state index is 0.174. The topological polar surface area (TPSA) is 66.8 Å². The monoisotopic (exact) mass is 543 g/mol. The van der Waals surface area contributed by atoms with E-state index in [-0.39, 0.29) is 12.2 Å². The molecule has 3 aromatic carbocycles. The zero-order valence-corrected chi connectivity index (χ0v) is 21.8. The van der Waals surface area contributed by atoms with E-state index in [1.165, 1.54) is 17.0 Å². The lowest BCUT2D eigenvalue weighted by Crippen LogP contribution is -2.57. The summed E-state index contributed by atoms with van der Waals surface area (Å²) in [7, 11) is 0. The van der Waals surface area contributed by atoms with Crippen LogP contribution < -0.4 is 0 Å². The summed E-state index contributed by atoms with van der Waals surface area (Å²) in [6.45, 7) is 1.98. The Morgan fingerprint density at radius 2 is 1.54 bits per heavy atom. The fourth-order valence-corrected chi connectivity index (χ4v) is 5.02. The van der Waals surface area contributed by atoms with Gasteiger partial charge in [-0.3, -0.25) is 4.79 Å². The Morgan fingerprint density at radius 3 is 2.08 bits per heavy atom. The van der Waals surface area contributed by atoms with E-state index in [2.05, 4.69) is 0 Å². The Hall–Kier alpha value is -2.93. The average Bonchev–Trinajstić information content (AvgIpc) is 2.88. The van der Waals surface area contributed by atoms with Crippen LogP contribution in [0.1, 0.15) is 55.0 Å². The van der Waals surface area contributed by atoms with Gasteiger partial charge in [-0.05, 0) is 59.5 Å². The second-order valence-electron chi connectivity index (χ2n) is 9.17. The molecule has 37 heavy (non-hydrogen) atoms. The van der Waals surface area contributed by atoms with Gasteiger partial charge in [0.25, 0.3) is 5.91 Å². The van der Waals surface area contributed by atoms with E-state index in [1.54, 1.807) is 48.5 Å². The van der Waals surface area contributed by atoms with Crippen molar-refractivity contribution in [1.82, 2.24) is 4.90 Å². The third-order valence-electron chi connectivity index (χ3n) is 6.62. The molecule has 0 saturated carbocycles. The molecule has 4 rings (SSSR count). The molecular formula is C29H28Cl2FNO4. The number of hydrogen-bond donors (Lipinski definition) is 1. The third kappa shape index (κ3) is 6.32. The molecule has 1 heterocycles. The number of morpholine rings is 1. The number of carboxylic acids is 1. The Bertz CT molecular complexity index is 1220. The van der Waals surface area contributed by atoms with Crippen molar-refractivity contribution >= 4 is 35.1 Å². The highest BCUT2D eigenvalue weighted by Crippen LogP contribution is 2.44. The number of carboxylic acid groups (broad SMARTS) is 1. The number of rotatable bonds is 9. The van der Waals surface area contributed by atoms with E-state index in [0.717, 1.165) is 12.0 Å². The van der Waals surface area contributed by atoms with Gasteiger partial charge in [-0.25, -0.2) is 9.18 Å². The number of carbonyl (C=O) groups is 2. The van der Waals surface area contributed by atoms with E-state index in [4.69, 9.17) is 27.9 Å². The number of ether oxygens (including phenoxy) is 1. The lowest BCUT2D eigenvalue weighted by molar-refractivity contribution is -0.184. The van der Waals surface area contributed by atoms with Crippen LogP contribution in [-0.2, 0) is 20.7 Å². The fraction of sp³-hybridized carbons (Fsp3) is 0.310. The van der Waals surface area contributed by atoms with E-state index in [9.17, 15) is 19.1 Å². The van der Waals surface area contributed by atoms with Gasteiger partial charge in [0.15, 0.2) is 0 Å². The molecule has 0 aromatic heterocycles. The lowest BCUT2D eigenvalue weighted by atomic mass is 9.88. The molecule has 0 radical (unpaired) electrons. The second kappa shape index (κ2) is 12.1. The van der Waals surface area contributed by atoms with Gasteiger partial charge in [-0.15, -0.1) is 0 Å². The summed E-state index contributed by atoms with van der Waals surface area (Å²) < 4.78 is 20.0. The van der Waals surface area contributed by atoms with Gasteiger partial charge in [0.05, 0.1) is 6.04 Å². The van der Waals surface area contributed by atoms with Crippen molar-refractivity contribution in [3.05, 3.63) is 105 Å². The molecule has 1 fully saturated rings. The molecule has 8 heteroatoms. The quantitative estimate of drug-likeness (QED) is 0.314. The first-order chi connectivity index (χ1) is 17.8. The molecule has 0 aliphatic carbocycles. The van der Waals surface area contributed by atoms with Crippen LogP contribution in [0.5, 0.6) is 0 Å². The molecule has 1 amide bonds. The molecule has 1 N–H and O–H groups in total. The molecule has 1 saturated heterocycles. The van der Waals surface area contributed by atoms with Gasteiger partial charge in [-0.2, -0.15) is 0 Å². The Balaban J connectivity index is 1.84.